The summed E-state index contributed by atoms with van der Waals surface area (Å²) >= 11 is 3.33. The Bertz CT molecular complexity index is 829. The second-order valence-corrected chi connectivity index (χ2v) is 9.41. The van der Waals surface area contributed by atoms with E-state index in [4.69, 9.17) is 0 Å². The van der Waals surface area contributed by atoms with Crippen molar-refractivity contribution in [2.45, 2.75) is 49.4 Å². The molecule has 7 nitrogen and oxygen atoms in total. The molecule has 3 unspecified atom stereocenters. The number of nitrogens with one attached hydrogen (secondary N) is 3. The van der Waals surface area contributed by atoms with E-state index in [-0.39, 0.29) is 24.0 Å². The van der Waals surface area contributed by atoms with Crippen molar-refractivity contribution < 1.29 is 9.59 Å². The van der Waals surface area contributed by atoms with Crippen LogP contribution in [0.3, 0.4) is 0 Å². The monoisotopic (exact) mass is 417 g/mol. The van der Waals surface area contributed by atoms with Gasteiger partial charge in [0.1, 0.15) is 5.01 Å². The summed E-state index contributed by atoms with van der Waals surface area (Å²) in [4.78, 5) is 23.6. The van der Waals surface area contributed by atoms with Crippen LogP contribution in [0.25, 0.3) is 0 Å². The van der Waals surface area contributed by atoms with Crippen molar-refractivity contribution >= 4 is 40.2 Å². The van der Waals surface area contributed by atoms with Crippen molar-refractivity contribution in [3.8, 4) is 0 Å². The molecular formula is C19H23N5O2S2. The smallest absolute Gasteiger partial charge is 0.315 e. The summed E-state index contributed by atoms with van der Waals surface area (Å²) in [5, 5.41) is 18.9. The molecule has 2 fully saturated rings. The average Bonchev–Trinajstić information content (AvgIpc) is 3.36. The van der Waals surface area contributed by atoms with Crippen molar-refractivity contribution in [2.24, 2.45) is 0 Å². The SMILES string of the molecule is O=C(CCCCC1SCC2NC(=O)NC21)Nc1nnc(Cc2ccccc2)s1. The normalized spacial score (nSPS) is 23.1. The lowest BCUT2D eigenvalue weighted by Gasteiger charge is -2.16. The van der Waals surface area contributed by atoms with E-state index in [1.807, 2.05) is 30.0 Å². The number of rotatable bonds is 8. The second-order valence-electron chi connectivity index (χ2n) is 7.08. The molecule has 1 aromatic heterocycles. The van der Waals surface area contributed by atoms with Gasteiger partial charge in [0.15, 0.2) is 0 Å². The third kappa shape index (κ3) is 4.82. The van der Waals surface area contributed by atoms with Crippen LogP contribution in [0, 0.1) is 0 Å². The minimum atomic E-state index is -0.0524. The summed E-state index contributed by atoms with van der Waals surface area (Å²) < 4.78 is 0. The molecule has 0 aliphatic carbocycles. The molecule has 2 saturated heterocycles. The van der Waals surface area contributed by atoms with E-state index in [9.17, 15) is 9.59 Å². The maximum Gasteiger partial charge on any atom is 0.315 e. The van der Waals surface area contributed by atoms with Gasteiger partial charge in [-0.1, -0.05) is 48.1 Å². The molecule has 0 radical (unpaired) electrons. The van der Waals surface area contributed by atoms with Crippen LogP contribution < -0.4 is 16.0 Å². The van der Waals surface area contributed by atoms with E-state index >= 15 is 0 Å². The second kappa shape index (κ2) is 8.91. The fraction of sp³-hybridized carbons (Fsp3) is 0.474. The number of urea groups is 1. The Kier molecular flexibility index (Phi) is 6.11. The van der Waals surface area contributed by atoms with Crippen LogP contribution in [0.15, 0.2) is 30.3 Å². The van der Waals surface area contributed by atoms with Gasteiger partial charge in [0.25, 0.3) is 0 Å². The molecule has 28 heavy (non-hydrogen) atoms. The van der Waals surface area contributed by atoms with Crippen LogP contribution in [0.2, 0.25) is 0 Å². The van der Waals surface area contributed by atoms with E-state index in [0.717, 1.165) is 36.4 Å². The molecule has 148 valence electrons. The molecule has 2 aromatic rings. The van der Waals surface area contributed by atoms with Gasteiger partial charge in [0.05, 0.1) is 12.1 Å². The van der Waals surface area contributed by atoms with Crippen molar-refractivity contribution in [3.63, 3.8) is 0 Å². The molecule has 3 heterocycles. The number of fused-ring (bicyclic) bond motifs is 1. The third-order valence-electron chi connectivity index (χ3n) is 4.99. The minimum Gasteiger partial charge on any atom is -0.332 e. The number of hydrogen-bond donors (Lipinski definition) is 3. The summed E-state index contributed by atoms with van der Waals surface area (Å²) in [6.07, 6.45) is 4.02. The summed E-state index contributed by atoms with van der Waals surface area (Å²) in [6, 6.07) is 10.5. The van der Waals surface area contributed by atoms with E-state index in [2.05, 4.69) is 38.3 Å². The molecule has 4 rings (SSSR count). The number of benzene rings is 1. The largest absolute Gasteiger partial charge is 0.332 e. The van der Waals surface area contributed by atoms with E-state index in [0.29, 0.717) is 16.8 Å². The fourth-order valence-corrected chi connectivity index (χ4v) is 5.94. The van der Waals surface area contributed by atoms with Crippen molar-refractivity contribution in [3.05, 3.63) is 40.9 Å². The molecule has 3 atom stereocenters. The zero-order chi connectivity index (χ0) is 19.3. The third-order valence-corrected chi connectivity index (χ3v) is 7.34. The Morgan fingerprint density at radius 3 is 2.89 bits per heavy atom. The highest BCUT2D eigenvalue weighted by atomic mass is 32.2. The number of aromatic nitrogens is 2. The van der Waals surface area contributed by atoms with Crippen LogP contribution in [0.1, 0.15) is 36.3 Å². The fourth-order valence-electron chi connectivity index (χ4n) is 3.60. The number of nitrogens with zero attached hydrogens (tertiary/aromatic N) is 2. The number of amides is 3. The lowest BCUT2D eigenvalue weighted by Crippen LogP contribution is -2.36. The standard InChI is InChI=1S/C19H23N5O2S2/c25-15(9-5-4-8-14-17-13(11-27-14)20-18(26)22-17)21-19-24-23-16(28-19)10-12-6-2-1-3-7-12/h1-3,6-7,13-14,17H,4-5,8-11H2,(H2,20,22,26)(H,21,24,25). The molecule has 1 aromatic carbocycles. The van der Waals surface area contributed by atoms with Gasteiger partial charge in [0, 0.05) is 23.8 Å². The van der Waals surface area contributed by atoms with Crippen molar-refractivity contribution in [2.75, 3.05) is 11.1 Å². The van der Waals surface area contributed by atoms with Gasteiger partial charge in [-0.2, -0.15) is 11.8 Å². The molecule has 3 amide bonds. The van der Waals surface area contributed by atoms with Gasteiger partial charge in [0.2, 0.25) is 11.0 Å². The Hall–Kier alpha value is -2.13. The van der Waals surface area contributed by atoms with E-state index in [1.54, 1.807) is 0 Å². The number of anilines is 1. The number of unbranched alkanes of at least 4 members (excludes halogenated alkanes) is 1. The van der Waals surface area contributed by atoms with Crippen LogP contribution in [-0.2, 0) is 11.2 Å². The van der Waals surface area contributed by atoms with Crippen LogP contribution in [-0.4, -0.2) is 45.2 Å². The first-order valence-electron chi connectivity index (χ1n) is 9.52. The summed E-state index contributed by atoms with van der Waals surface area (Å²) in [5.74, 6) is 0.951. The molecule has 2 aliphatic rings. The highest BCUT2D eigenvalue weighted by Crippen LogP contribution is 2.33. The lowest BCUT2D eigenvalue weighted by molar-refractivity contribution is -0.116. The predicted molar refractivity (Wildman–Crippen MR) is 112 cm³/mol. The lowest BCUT2D eigenvalue weighted by atomic mass is 10.0. The quantitative estimate of drug-likeness (QED) is 0.453. The van der Waals surface area contributed by atoms with Gasteiger partial charge in [-0.05, 0) is 18.4 Å². The van der Waals surface area contributed by atoms with Crippen molar-refractivity contribution in [1.29, 1.82) is 0 Å². The highest BCUT2D eigenvalue weighted by Gasteiger charge is 2.42. The first-order chi connectivity index (χ1) is 13.7. The molecule has 0 bridgehead atoms. The zero-order valence-corrected chi connectivity index (χ0v) is 17.0. The van der Waals surface area contributed by atoms with Gasteiger partial charge in [-0.25, -0.2) is 4.79 Å². The molecular weight excluding hydrogens is 394 g/mol. The molecule has 0 spiro atoms. The highest BCUT2D eigenvalue weighted by molar-refractivity contribution is 8.00. The number of carbonyl (C=O) groups excluding carboxylic acids is 2. The first-order valence-corrected chi connectivity index (χ1v) is 11.4. The molecule has 0 saturated carbocycles. The van der Waals surface area contributed by atoms with Gasteiger partial charge < -0.3 is 16.0 Å². The maximum atomic E-state index is 12.2. The Balaban J connectivity index is 1.16. The topological polar surface area (TPSA) is 96.0 Å². The first kappa shape index (κ1) is 19.2. The zero-order valence-electron chi connectivity index (χ0n) is 15.4. The molecule has 3 N–H and O–H groups in total. The van der Waals surface area contributed by atoms with Crippen LogP contribution >= 0.6 is 23.1 Å². The Morgan fingerprint density at radius 2 is 2.04 bits per heavy atom. The average molecular weight is 418 g/mol. The van der Waals surface area contributed by atoms with E-state index in [1.165, 1.54) is 16.9 Å². The Morgan fingerprint density at radius 1 is 1.18 bits per heavy atom. The Labute approximate surface area is 172 Å². The summed E-state index contributed by atoms with van der Waals surface area (Å²) in [5.41, 5.74) is 1.18. The van der Waals surface area contributed by atoms with E-state index < -0.39 is 0 Å². The molecule has 9 heteroatoms. The van der Waals surface area contributed by atoms with Crippen LogP contribution in [0.4, 0.5) is 9.93 Å². The predicted octanol–water partition coefficient (Wildman–Crippen LogP) is 2.79. The van der Waals surface area contributed by atoms with Crippen molar-refractivity contribution in [1.82, 2.24) is 20.8 Å². The number of thioether (sulfide) groups is 1. The number of carbonyl (C=O) groups is 2. The van der Waals surface area contributed by atoms with Gasteiger partial charge in [-0.15, -0.1) is 10.2 Å². The van der Waals surface area contributed by atoms with Crippen LogP contribution in [0.5, 0.6) is 0 Å². The number of hydrogen-bond acceptors (Lipinski definition) is 6. The van der Waals surface area contributed by atoms with Gasteiger partial charge >= 0.3 is 6.03 Å². The summed E-state index contributed by atoms with van der Waals surface area (Å²) in [6.45, 7) is 0. The summed E-state index contributed by atoms with van der Waals surface area (Å²) in [7, 11) is 0. The van der Waals surface area contributed by atoms with Gasteiger partial charge in [-0.3, -0.25) is 4.79 Å². The molecule has 2 aliphatic heterocycles. The maximum absolute atomic E-state index is 12.2. The minimum absolute atomic E-state index is 0.0183.